The lowest BCUT2D eigenvalue weighted by Crippen LogP contribution is -2.31. The van der Waals surface area contributed by atoms with E-state index in [1.807, 2.05) is 0 Å². The molecule has 0 unspecified atom stereocenters. The van der Waals surface area contributed by atoms with Crippen molar-refractivity contribution in [1.82, 2.24) is 10.7 Å². The maximum atomic E-state index is 11.4. The first-order chi connectivity index (χ1) is 13.0. The molecule has 1 aromatic carbocycles. The van der Waals surface area contributed by atoms with Crippen LogP contribution in [0.15, 0.2) is 29.9 Å². The summed E-state index contributed by atoms with van der Waals surface area (Å²) in [5, 5.41) is 18.6. The smallest absolute Gasteiger partial charge is 0.315 e. The van der Waals surface area contributed by atoms with Crippen molar-refractivity contribution in [3.05, 3.63) is 40.5 Å². The Morgan fingerprint density at radius 2 is 2.19 bits per heavy atom. The van der Waals surface area contributed by atoms with E-state index in [4.69, 9.17) is 21.7 Å². The van der Waals surface area contributed by atoms with Crippen LogP contribution in [-0.4, -0.2) is 36.5 Å². The van der Waals surface area contributed by atoms with Crippen LogP contribution >= 0.6 is 12.2 Å². The molecular weight excluding hydrogens is 368 g/mol. The number of hydrogen-bond donors (Lipinski definition) is 2. The monoisotopic (exact) mass is 394 g/mol. The van der Waals surface area contributed by atoms with Gasteiger partial charge >= 0.3 is 5.69 Å². The molecule has 0 saturated heterocycles. The number of unbranched alkanes of at least 4 members (excludes halogenated alkanes) is 3. The molecule has 0 radical (unpaired) electrons. The van der Waals surface area contributed by atoms with Gasteiger partial charge < -0.3 is 14.8 Å². The molecule has 0 aromatic heterocycles. The van der Waals surface area contributed by atoms with Crippen LogP contribution in [0.5, 0.6) is 11.5 Å². The Labute approximate surface area is 164 Å². The second-order valence-corrected chi connectivity index (χ2v) is 6.01. The first-order valence-corrected chi connectivity index (χ1v) is 9.11. The SMILES string of the molecule is C=CCNC(=S)N/N=C/c1cc(OC)c(OCCCCCC)c([N+](=O)[O-])c1. The lowest BCUT2D eigenvalue weighted by atomic mass is 10.1. The maximum absolute atomic E-state index is 11.4. The number of nitro benzene ring substituents is 1. The van der Waals surface area contributed by atoms with Crippen molar-refractivity contribution < 1.29 is 14.4 Å². The lowest BCUT2D eigenvalue weighted by Gasteiger charge is -2.12. The Bertz CT molecular complexity index is 680. The first kappa shape index (κ1) is 22.4. The minimum atomic E-state index is -0.495. The Morgan fingerprint density at radius 3 is 2.81 bits per heavy atom. The lowest BCUT2D eigenvalue weighted by molar-refractivity contribution is -0.386. The third-order valence-corrected chi connectivity index (χ3v) is 3.74. The standard InChI is InChI=1S/C18H26N4O4S/c1-4-6-7-8-10-26-17-15(22(23)24)11-14(12-16(17)25-3)13-20-21-18(27)19-9-5-2/h5,11-13H,2,4,6-10H2,1,3H3,(H2,19,21,27)/b20-13+. The van der Waals surface area contributed by atoms with Crippen LogP contribution in [-0.2, 0) is 0 Å². The van der Waals surface area contributed by atoms with Crippen molar-refractivity contribution in [2.75, 3.05) is 20.3 Å². The average Bonchev–Trinajstić information content (AvgIpc) is 2.66. The Hall–Kier alpha value is -2.68. The van der Waals surface area contributed by atoms with E-state index in [0.717, 1.165) is 25.7 Å². The molecule has 0 fully saturated rings. The molecule has 2 N–H and O–H groups in total. The summed E-state index contributed by atoms with van der Waals surface area (Å²) in [7, 11) is 1.44. The molecule has 0 atom stereocenters. The molecule has 8 nitrogen and oxygen atoms in total. The van der Waals surface area contributed by atoms with Crippen molar-refractivity contribution in [2.45, 2.75) is 32.6 Å². The normalized spacial score (nSPS) is 10.4. The summed E-state index contributed by atoms with van der Waals surface area (Å²) in [6, 6.07) is 3.01. The van der Waals surface area contributed by atoms with Crippen LogP contribution in [0.4, 0.5) is 5.69 Å². The third-order valence-electron chi connectivity index (χ3n) is 3.51. The molecule has 148 valence electrons. The molecule has 27 heavy (non-hydrogen) atoms. The molecule has 0 heterocycles. The number of hydrazone groups is 1. The average molecular weight is 394 g/mol. The van der Waals surface area contributed by atoms with E-state index in [2.05, 4.69) is 29.3 Å². The van der Waals surface area contributed by atoms with Gasteiger partial charge in [-0.15, -0.1) is 6.58 Å². The van der Waals surface area contributed by atoms with E-state index in [1.54, 1.807) is 12.1 Å². The van der Waals surface area contributed by atoms with Crippen molar-refractivity contribution >= 4 is 29.2 Å². The van der Waals surface area contributed by atoms with E-state index in [1.165, 1.54) is 19.4 Å². The zero-order valence-electron chi connectivity index (χ0n) is 15.7. The van der Waals surface area contributed by atoms with Gasteiger partial charge in [0.25, 0.3) is 0 Å². The highest BCUT2D eigenvalue weighted by Crippen LogP contribution is 2.38. The van der Waals surface area contributed by atoms with Crippen LogP contribution in [0.25, 0.3) is 0 Å². The van der Waals surface area contributed by atoms with E-state index in [9.17, 15) is 10.1 Å². The van der Waals surface area contributed by atoms with Crippen molar-refractivity contribution in [3.8, 4) is 11.5 Å². The van der Waals surface area contributed by atoms with Gasteiger partial charge in [0.2, 0.25) is 5.75 Å². The molecule has 0 spiro atoms. The first-order valence-electron chi connectivity index (χ1n) is 8.70. The highest BCUT2D eigenvalue weighted by molar-refractivity contribution is 7.80. The fourth-order valence-electron chi connectivity index (χ4n) is 2.19. The van der Waals surface area contributed by atoms with Crippen LogP contribution in [0.3, 0.4) is 0 Å². The van der Waals surface area contributed by atoms with Gasteiger partial charge in [-0.1, -0.05) is 32.3 Å². The molecular formula is C18H26N4O4S. The number of thiocarbonyl (C=S) groups is 1. The predicted octanol–water partition coefficient (Wildman–Crippen LogP) is 3.55. The van der Waals surface area contributed by atoms with Crippen LogP contribution < -0.4 is 20.2 Å². The predicted molar refractivity (Wildman–Crippen MR) is 111 cm³/mol. The summed E-state index contributed by atoms with van der Waals surface area (Å²) < 4.78 is 10.9. The summed E-state index contributed by atoms with van der Waals surface area (Å²) in [6.07, 6.45) is 7.14. The summed E-state index contributed by atoms with van der Waals surface area (Å²) in [6.45, 7) is 6.59. The van der Waals surface area contributed by atoms with Gasteiger partial charge in [0, 0.05) is 18.2 Å². The number of hydrogen-bond acceptors (Lipinski definition) is 6. The topological polar surface area (TPSA) is 98.0 Å². The van der Waals surface area contributed by atoms with E-state index in [0.29, 0.717) is 23.8 Å². The molecule has 0 saturated carbocycles. The molecule has 0 aliphatic carbocycles. The van der Waals surface area contributed by atoms with Crippen molar-refractivity contribution in [3.63, 3.8) is 0 Å². The number of methoxy groups -OCH3 is 1. The number of nitrogens with one attached hydrogen (secondary N) is 2. The van der Waals surface area contributed by atoms with Gasteiger partial charge in [-0.3, -0.25) is 15.5 Å². The fourth-order valence-corrected chi connectivity index (χ4v) is 2.32. The molecule has 0 amide bonds. The molecule has 9 heteroatoms. The fraction of sp³-hybridized carbons (Fsp3) is 0.444. The van der Waals surface area contributed by atoms with Gasteiger partial charge in [0.1, 0.15) is 0 Å². The van der Waals surface area contributed by atoms with Crippen molar-refractivity contribution in [2.24, 2.45) is 5.10 Å². The Kier molecular flexibility index (Phi) is 10.5. The van der Waals surface area contributed by atoms with Crippen molar-refractivity contribution in [1.29, 1.82) is 0 Å². The zero-order valence-corrected chi connectivity index (χ0v) is 16.5. The second kappa shape index (κ2) is 12.6. The largest absolute Gasteiger partial charge is 0.493 e. The van der Waals surface area contributed by atoms with E-state index < -0.39 is 4.92 Å². The van der Waals surface area contributed by atoms with Gasteiger partial charge in [0.05, 0.1) is 24.9 Å². The number of nitro groups is 1. The van der Waals surface area contributed by atoms with E-state index >= 15 is 0 Å². The van der Waals surface area contributed by atoms with E-state index in [-0.39, 0.29) is 17.2 Å². The van der Waals surface area contributed by atoms with Gasteiger partial charge in [-0.05, 0) is 24.7 Å². The zero-order chi connectivity index (χ0) is 20.1. The maximum Gasteiger partial charge on any atom is 0.315 e. The molecule has 0 aliphatic rings. The Balaban J connectivity index is 2.89. The van der Waals surface area contributed by atoms with Crippen LogP contribution in [0.2, 0.25) is 0 Å². The quantitative estimate of drug-likeness (QED) is 0.140. The summed E-state index contributed by atoms with van der Waals surface area (Å²) in [5.74, 6) is 0.417. The number of benzene rings is 1. The molecule has 1 rings (SSSR count). The third kappa shape index (κ3) is 8.04. The number of rotatable bonds is 12. The summed E-state index contributed by atoms with van der Waals surface area (Å²) >= 11 is 5.01. The molecule has 1 aromatic rings. The van der Waals surface area contributed by atoms with Gasteiger partial charge in [-0.2, -0.15) is 5.10 Å². The molecule has 0 bridgehead atoms. The summed E-state index contributed by atoms with van der Waals surface area (Å²) in [5.41, 5.74) is 2.94. The highest BCUT2D eigenvalue weighted by atomic mass is 32.1. The highest BCUT2D eigenvalue weighted by Gasteiger charge is 2.22. The van der Waals surface area contributed by atoms with Gasteiger partial charge in [-0.25, -0.2) is 0 Å². The number of ether oxygens (including phenoxy) is 2. The summed E-state index contributed by atoms with van der Waals surface area (Å²) in [4.78, 5) is 11.0. The minimum absolute atomic E-state index is 0.132. The van der Waals surface area contributed by atoms with Crippen LogP contribution in [0, 0.1) is 10.1 Å². The molecule has 0 aliphatic heterocycles. The van der Waals surface area contributed by atoms with Gasteiger partial charge in [0.15, 0.2) is 10.9 Å². The van der Waals surface area contributed by atoms with Crippen LogP contribution in [0.1, 0.15) is 38.2 Å². The Morgan fingerprint density at radius 1 is 1.41 bits per heavy atom. The minimum Gasteiger partial charge on any atom is -0.493 e. The second-order valence-electron chi connectivity index (χ2n) is 5.61. The number of nitrogens with zero attached hydrogens (tertiary/aromatic N) is 2.